The summed E-state index contributed by atoms with van der Waals surface area (Å²) in [5.41, 5.74) is 5.20. The molecule has 0 fully saturated rings. The first-order valence-electron chi connectivity index (χ1n) is 17.6. The van der Waals surface area contributed by atoms with E-state index in [4.69, 9.17) is 15.6 Å². The molecule has 11 heteroatoms. The molecule has 0 aromatic heterocycles. The first-order valence-corrected chi connectivity index (χ1v) is 19.1. The normalized spacial score (nSPS) is 14.3. The summed E-state index contributed by atoms with van der Waals surface area (Å²) in [4.78, 5) is 32.2. The van der Waals surface area contributed by atoms with Gasteiger partial charge in [0.1, 0.15) is 12.1 Å². The van der Waals surface area contributed by atoms with Gasteiger partial charge in [-0.2, -0.15) is 0 Å². The number of carboxylic acids is 1. The minimum Gasteiger partial charge on any atom is -0.480 e. The molecule has 1 unspecified atom stereocenters. The number of carbonyl (C=O) groups excluding carboxylic acids is 1. The highest BCUT2D eigenvalue weighted by molar-refractivity contribution is 7.47. The maximum absolute atomic E-state index is 12.0. The third kappa shape index (κ3) is 29.7. The molecule has 0 aliphatic heterocycles. The van der Waals surface area contributed by atoms with E-state index in [1.165, 1.54) is 128 Å². The van der Waals surface area contributed by atoms with Gasteiger partial charge >= 0.3 is 19.8 Å². The quantitative estimate of drug-likeness (QED) is 0.0302. The van der Waals surface area contributed by atoms with Crippen molar-refractivity contribution in [2.24, 2.45) is 5.73 Å². The smallest absolute Gasteiger partial charge is 0.472 e. The van der Waals surface area contributed by atoms with Gasteiger partial charge in [-0.25, -0.2) is 4.57 Å². The van der Waals surface area contributed by atoms with Crippen molar-refractivity contribution in [2.75, 3.05) is 19.8 Å². The second kappa shape index (κ2) is 30.6. The third-order valence-electron chi connectivity index (χ3n) is 7.89. The summed E-state index contributed by atoms with van der Waals surface area (Å²) in [6.45, 7) is 0.378. The molecule has 0 aromatic rings. The Hall–Kier alpha value is -1.03. The SMILES string of the molecule is CCCCCCCCCCCCCCCCCCCCCCCCCCC(=O)O[C@H](CO)COP(=O)(O)OC[C@H](N)C(=O)O. The third-order valence-corrected chi connectivity index (χ3v) is 8.84. The first-order chi connectivity index (χ1) is 21.2. The van der Waals surface area contributed by atoms with Gasteiger partial charge in [0.25, 0.3) is 0 Å². The molecule has 262 valence electrons. The number of rotatable bonds is 34. The lowest BCUT2D eigenvalue weighted by atomic mass is 10.0. The minimum atomic E-state index is -4.60. The number of hydrogen-bond acceptors (Lipinski definition) is 8. The summed E-state index contributed by atoms with van der Waals surface area (Å²) in [5, 5.41) is 18.0. The number of esters is 1. The van der Waals surface area contributed by atoms with E-state index in [0.29, 0.717) is 6.42 Å². The van der Waals surface area contributed by atoms with Gasteiger partial charge in [0.15, 0.2) is 0 Å². The monoisotopic (exact) mass is 651 g/mol. The van der Waals surface area contributed by atoms with Crippen molar-refractivity contribution < 1.29 is 43.0 Å². The number of carboxylic acid groups (broad SMARTS) is 1. The van der Waals surface area contributed by atoms with Crippen LogP contribution in [0.5, 0.6) is 0 Å². The molecule has 0 aromatic carbocycles. The van der Waals surface area contributed by atoms with Gasteiger partial charge in [0, 0.05) is 6.42 Å². The number of phosphoric acid groups is 1. The van der Waals surface area contributed by atoms with Gasteiger partial charge in [-0.3, -0.25) is 18.6 Å². The lowest BCUT2D eigenvalue weighted by Crippen LogP contribution is -2.34. The van der Waals surface area contributed by atoms with E-state index < -0.39 is 51.7 Å². The van der Waals surface area contributed by atoms with Crippen LogP contribution in [0.1, 0.15) is 167 Å². The minimum absolute atomic E-state index is 0.191. The number of aliphatic hydroxyl groups is 1. The highest BCUT2D eigenvalue weighted by Gasteiger charge is 2.27. The molecule has 0 radical (unpaired) electrons. The topological polar surface area (TPSA) is 166 Å². The fourth-order valence-corrected chi connectivity index (χ4v) is 5.84. The summed E-state index contributed by atoms with van der Waals surface area (Å²) < 4.78 is 26.0. The molecule has 0 rings (SSSR count). The molecule has 0 aliphatic carbocycles. The largest absolute Gasteiger partial charge is 0.480 e. The summed E-state index contributed by atoms with van der Waals surface area (Å²) in [6.07, 6.45) is 30.4. The average molecular weight is 652 g/mol. The summed E-state index contributed by atoms with van der Waals surface area (Å²) in [5.74, 6) is -1.92. The molecule has 5 N–H and O–H groups in total. The van der Waals surface area contributed by atoms with Crippen molar-refractivity contribution in [3.63, 3.8) is 0 Å². The van der Waals surface area contributed by atoms with Crippen molar-refractivity contribution in [1.82, 2.24) is 0 Å². The molecular formula is C33H66NO9P. The maximum atomic E-state index is 12.0. The van der Waals surface area contributed by atoms with E-state index in [-0.39, 0.29) is 6.42 Å². The average Bonchev–Trinajstić information content (AvgIpc) is 3.00. The van der Waals surface area contributed by atoms with Crippen LogP contribution in [0.3, 0.4) is 0 Å². The fourth-order valence-electron chi connectivity index (χ4n) is 5.06. The number of nitrogens with two attached hydrogens (primary N) is 1. The van der Waals surface area contributed by atoms with Crippen molar-refractivity contribution in [3.8, 4) is 0 Å². The Labute approximate surface area is 267 Å². The molecule has 0 aliphatic rings. The molecule has 0 saturated carbocycles. The number of aliphatic hydroxyl groups excluding tert-OH is 1. The lowest BCUT2D eigenvalue weighted by Gasteiger charge is -2.18. The summed E-state index contributed by atoms with van der Waals surface area (Å²) in [6, 6.07) is -1.49. The molecule has 44 heavy (non-hydrogen) atoms. The molecule has 10 nitrogen and oxygen atoms in total. The first kappa shape index (κ1) is 43.0. The number of unbranched alkanes of at least 4 members (excludes halogenated alkanes) is 23. The van der Waals surface area contributed by atoms with Gasteiger partial charge in [-0.05, 0) is 6.42 Å². The van der Waals surface area contributed by atoms with E-state index in [0.717, 1.165) is 19.3 Å². The molecule has 0 saturated heterocycles. The predicted molar refractivity (Wildman–Crippen MR) is 175 cm³/mol. The van der Waals surface area contributed by atoms with E-state index in [9.17, 15) is 24.2 Å². The zero-order valence-corrected chi connectivity index (χ0v) is 28.7. The number of phosphoric ester groups is 1. The molecule has 0 heterocycles. The van der Waals surface area contributed by atoms with Gasteiger partial charge < -0.3 is 25.6 Å². The van der Waals surface area contributed by atoms with Crippen LogP contribution in [0.15, 0.2) is 0 Å². The lowest BCUT2D eigenvalue weighted by molar-refractivity contribution is -0.153. The Morgan fingerprint density at radius 1 is 0.636 bits per heavy atom. The van der Waals surface area contributed by atoms with Gasteiger partial charge in [0.2, 0.25) is 0 Å². The Balaban J connectivity index is 3.48. The molecule has 0 bridgehead atoms. The van der Waals surface area contributed by atoms with Crippen molar-refractivity contribution in [3.05, 3.63) is 0 Å². The van der Waals surface area contributed by atoms with Crippen LogP contribution in [0.4, 0.5) is 0 Å². The zero-order valence-electron chi connectivity index (χ0n) is 27.8. The molecule has 3 atom stereocenters. The maximum Gasteiger partial charge on any atom is 0.472 e. The van der Waals surface area contributed by atoms with Crippen LogP contribution in [0.25, 0.3) is 0 Å². The number of hydrogen-bond donors (Lipinski definition) is 4. The van der Waals surface area contributed by atoms with Crippen LogP contribution >= 0.6 is 7.82 Å². The van der Waals surface area contributed by atoms with Crippen LogP contribution < -0.4 is 5.73 Å². The van der Waals surface area contributed by atoms with Gasteiger partial charge in [0.05, 0.1) is 19.8 Å². The number of aliphatic carboxylic acids is 1. The highest BCUT2D eigenvalue weighted by atomic mass is 31.2. The Kier molecular flexibility index (Phi) is 29.9. The predicted octanol–water partition coefficient (Wildman–Crippen LogP) is 8.21. The van der Waals surface area contributed by atoms with E-state index in [1.807, 2.05) is 0 Å². The van der Waals surface area contributed by atoms with E-state index in [2.05, 4.69) is 16.0 Å². The summed E-state index contributed by atoms with van der Waals surface area (Å²) >= 11 is 0. The number of ether oxygens (including phenoxy) is 1. The van der Waals surface area contributed by atoms with Crippen LogP contribution in [-0.2, 0) is 27.9 Å². The molecule has 0 spiro atoms. The van der Waals surface area contributed by atoms with E-state index in [1.54, 1.807) is 0 Å². The van der Waals surface area contributed by atoms with Crippen molar-refractivity contribution in [2.45, 2.75) is 180 Å². The zero-order chi connectivity index (χ0) is 32.7. The fraction of sp³-hybridized carbons (Fsp3) is 0.939. The van der Waals surface area contributed by atoms with Crippen molar-refractivity contribution in [1.29, 1.82) is 0 Å². The van der Waals surface area contributed by atoms with Crippen molar-refractivity contribution >= 4 is 19.8 Å². The van der Waals surface area contributed by atoms with Gasteiger partial charge in [-0.1, -0.05) is 155 Å². The standard InChI is InChI=1S/C33H66NO9P/c1-2-3-4-5-6-7-8-9-10-11-12-13-14-15-16-17-18-19-20-21-22-23-24-25-26-32(36)43-30(27-35)28-41-44(39,40)42-29-31(34)33(37)38/h30-31,35H,2-29,34H2,1H3,(H,37,38)(H,39,40)/t30-,31+/m1/s1. The Morgan fingerprint density at radius 3 is 1.32 bits per heavy atom. The molecular weight excluding hydrogens is 585 g/mol. The van der Waals surface area contributed by atoms with Crippen LogP contribution in [0, 0.1) is 0 Å². The second-order valence-electron chi connectivity index (χ2n) is 12.2. The second-order valence-corrected chi connectivity index (χ2v) is 13.6. The number of carbonyl (C=O) groups is 2. The Morgan fingerprint density at radius 2 is 0.977 bits per heavy atom. The van der Waals surface area contributed by atoms with Crippen LogP contribution in [0.2, 0.25) is 0 Å². The van der Waals surface area contributed by atoms with Gasteiger partial charge in [-0.15, -0.1) is 0 Å². The Bertz CT molecular complexity index is 725. The highest BCUT2D eigenvalue weighted by Crippen LogP contribution is 2.43. The summed E-state index contributed by atoms with van der Waals surface area (Å²) in [7, 11) is -4.60. The molecule has 0 amide bonds. The van der Waals surface area contributed by atoms with E-state index >= 15 is 0 Å². The van der Waals surface area contributed by atoms with Crippen LogP contribution in [-0.4, -0.2) is 59.0 Å².